The Morgan fingerprint density at radius 3 is 2.59 bits per heavy atom. The van der Waals surface area contributed by atoms with Crippen molar-refractivity contribution in [1.82, 2.24) is 19.7 Å². The quantitative estimate of drug-likeness (QED) is 0.443. The standard InChI is InChI=1S/C24H26N6O2/c1-15-8-10-17(11-9-15)21(31)27-18-7-5-6-16(12-18)13-25-23-28-20-19(22(32)29-23)14-26-30(20)24(2,3)4/h5-12,14H,13H2,1-4H3,(H,27,31)(H2,25,28,29,32). The fourth-order valence-electron chi connectivity index (χ4n) is 3.35. The molecular formula is C24H26N6O2. The van der Waals surface area contributed by atoms with E-state index in [1.54, 1.807) is 16.8 Å². The third-order valence-electron chi connectivity index (χ3n) is 5.03. The van der Waals surface area contributed by atoms with Crippen molar-refractivity contribution in [3.8, 4) is 0 Å². The molecule has 0 atom stereocenters. The lowest BCUT2D eigenvalue weighted by molar-refractivity contribution is 0.102. The minimum absolute atomic E-state index is 0.165. The third-order valence-corrected chi connectivity index (χ3v) is 5.03. The molecule has 8 heteroatoms. The van der Waals surface area contributed by atoms with Crippen molar-refractivity contribution in [3.05, 3.63) is 81.8 Å². The molecule has 4 aromatic rings. The molecule has 0 bridgehead atoms. The van der Waals surface area contributed by atoms with E-state index >= 15 is 0 Å². The van der Waals surface area contributed by atoms with E-state index in [1.165, 1.54) is 6.20 Å². The SMILES string of the molecule is Cc1ccc(C(=O)Nc2cccc(CNc3nc4c(cnn4C(C)(C)C)c(=O)[nH]3)c2)cc1. The number of hydrogen-bond acceptors (Lipinski definition) is 5. The monoisotopic (exact) mass is 430 g/mol. The zero-order valence-electron chi connectivity index (χ0n) is 18.6. The maximum absolute atomic E-state index is 12.5. The van der Waals surface area contributed by atoms with Gasteiger partial charge in [-0.2, -0.15) is 10.1 Å². The predicted molar refractivity (Wildman–Crippen MR) is 126 cm³/mol. The highest BCUT2D eigenvalue weighted by atomic mass is 16.1. The number of rotatable bonds is 5. The van der Waals surface area contributed by atoms with E-state index in [1.807, 2.05) is 64.1 Å². The number of aromatic nitrogens is 4. The Bertz CT molecular complexity index is 1330. The van der Waals surface area contributed by atoms with Gasteiger partial charge < -0.3 is 10.6 Å². The molecule has 0 radical (unpaired) electrons. The second-order valence-electron chi connectivity index (χ2n) is 8.75. The summed E-state index contributed by atoms with van der Waals surface area (Å²) in [6, 6.07) is 14.9. The van der Waals surface area contributed by atoms with Crippen LogP contribution in [0.5, 0.6) is 0 Å². The minimum Gasteiger partial charge on any atom is -0.352 e. The maximum atomic E-state index is 12.5. The van der Waals surface area contributed by atoms with Crippen LogP contribution in [-0.4, -0.2) is 25.7 Å². The number of fused-ring (bicyclic) bond motifs is 1. The molecule has 1 amide bonds. The van der Waals surface area contributed by atoms with Gasteiger partial charge in [0.1, 0.15) is 5.39 Å². The molecule has 0 aliphatic heterocycles. The Kier molecular flexibility index (Phi) is 5.52. The number of H-pyrrole nitrogens is 1. The van der Waals surface area contributed by atoms with E-state index in [0.717, 1.165) is 11.1 Å². The number of hydrogen-bond donors (Lipinski definition) is 3. The summed E-state index contributed by atoms with van der Waals surface area (Å²) in [4.78, 5) is 32.2. The number of benzene rings is 2. The van der Waals surface area contributed by atoms with Crippen LogP contribution in [0.15, 0.2) is 59.5 Å². The van der Waals surface area contributed by atoms with Crippen molar-refractivity contribution in [1.29, 1.82) is 0 Å². The molecule has 2 heterocycles. The summed E-state index contributed by atoms with van der Waals surface area (Å²) in [6.07, 6.45) is 1.54. The zero-order valence-corrected chi connectivity index (χ0v) is 18.6. The first-order valence-electron chi connectivity index (χ1n) is 10.4. The first-order chi connectivity index (χ1) is 15.2. The predicted octanol–water partition coefficient (Wildman–Crippen LogP) is 4.05. The lowest BCUT2D eigenvalue weighted by Gasteiger charge is -2.19. The molecular weight excluding hydrogens is 404 g/mol. The Balaban J connectivity index is 1.50. The van der Waals surface area contributed by atoms with Crippen molar-refractivity contribution in [2.75, 3.05) is 10.6 Å². The molecule has 2 aromatic heterocycles. The summed E-state index contributed by atoms with van der Waals surface area (Å²) in [5.74, 6) is 0.199. The smallest absolute Gasteiger partial charge is 0.263 e. The van der Waals surface area contributed by atoms with Crippen LogP contribution in [0.1, 0.15) is 42.3 Å². The molecule has 32 heavy (non-hydrogen) atoms. The van der Waals surface area contributed by atoms with Gasteiger partial charge >= 0.3 is 0 Å². The lowest BCUT2D eigenvalue weighted by atomic mass is 10.1. The fraction of sp³-hybridized carbons (Fsp3) is 0.250. The van der Waals surface area contributed by atoms with E-state index in [4.69, 9.17) is 0 Å². The molecule has 0 aliphatic rings. The van der Waals surface area contributed by atoms with Crippen LogP contribution in [0.25, 0.3) is 11.0 Å². The third kappa shape index (κ3) is 4.54. The van der Waals surface area contributed by atoms with Crippen molar-refractivity contribution in [2.24, 2.45) is 0 Å². The highest BCUT2D eigenvalue weighted by Crippen LogP contribution is 2.19. The minimum atomic E-state index is -0.302. The van der Waals surface area contributed by atoms with Gasteiger partial charge in [0.05, 0.1) is 11.7 Å². The van der Waals surface area contributed by atoms with Gasteiger partial charge in [0.2, 0.25) is 5.95 Å². The number of carbonyl (C=O) groups excluding carboxylic acids is 1. The van der Waals surface area contributed by atoms with Crippen LogP contribution in [-0.2, 0) is 12.1 Å². The molecule has 4 rings (SSSR count). The lowest BCUT2D eigenvalue weighted by Crippen LogP contribution is -2.24. The van der Waals surface area contributed by atoms with Gasteiger partial charge in [-0.1, -0.05) is 29.8 Å². The van der Waals surface area contributed by atoms with Crippen molar-refractivity contribution in [2.45, 2.75) is 39.8 Å². The Morgan fingerprint density at radius 2 is 1.88 bits per heavy atom. The first-order valence-corrected chi connectivity index (χ1v) is 10.4. The van der Waals surface area contributed by atoms with Crippen molar-refractivity contribution >= 4 is 28.6 Å². The second kappa shape index (κ2) is 8.30. The fourth-order valence-corrected chi connectivity index (χ4v) is 3.35. The van der Waals surface area contributed by atoms with Gasteiger partial charge in [-0.25, -0.2) is 4.68 Å². The normalized spacial score (nSPS) is 11.5. The highest BCUT2D eigenvalue weighted by Gasteiger charge is 2.19. The van der Waals surface area contributed by atoms with Gasteiger partial charge in [-0.3, -0.25) is 14.6 Å². The average Bonchev–Trinajstić information content (AvgIpc) is 3.18. The van der Waals surface area contributed by atoms with Gasteiger partial charge in [0.25, 0.3) is 11.5 Å². The van der Waals surface area contributed by atoms with Crippen LogP contribution >= 0.6 is 0 Å². The van der Waals surface area contributed by atoms with E-state index in [-0.39, 0.29) is 17.0 Å². The van der Waals surface area contributed by atoms with Gasteiger partial charge in [-0.15, -0.1) is 0 Å². The average molecular weight is 431 g/mol. The summed E-state index contributed by atoms with van der Waals surface area (Å²) in [6.45, 7) is 8.42. The molecule has 2 aromatic carbocycles. The number of amides is 1. The van der Waals surface area contributed by atoms with Crippen LogP contribution in [0.2, 0.25) is 0 Å². The number of nitrogens with zero attached hydrogens (tertiary/aromatic N) is 3. The van der Waals surface area contributed by atoms with E-state index in [0.29, 0.717) is 34.8 Å². The summed E-state index contributed by atoms with van der Waals surface area (Å²) < 4.78 is 1.74. The van der Waals surface area contributed by atoms with E-state index < -0.39 is 0 Å². The largest absolute Gasteiger partial charge is 0.352 e. The van der Waals surface area contributed by atoms with Crippen LogP contribution in [0.3, 0.4) is 0 Å². The Hall–Kier alpha value is -3.94. The van der Waals surface area contributed by atoms with Crippen LogP contribution in [0.4, 0.5) is 11.6 Å². The summed E-state index contributed by atoms with van der Waals surface area (Å²) in [5, 5.41) is 10.9. The molecule has 8 nitrogen and oxygen atoms in total. The molecule has 3 N–H and O–H groups in total. The summed E-state index contributed by atoms with van der Waals surface area (Å²) in [5.41, 5.74) is 3.31. The zero-order chi connectivity index (χ0) is 22.9. The number of nitrogens with one attached hydrogen (secondary N) is 3. The van der Waals surface area contributed by atoms with Crippen LogP contribution < -0.4 is 16.2 Å². The van der Waals surface area contributed by atoms with Crippen molar-refractivity contribution < 1.29 is 4.79 Å². The maximum Gasteiger partial charge on any atom is 0.263 e. The Morgan fingerprint density at radius 1 is 1.12 bits per heavy atom. The van der Waals surface area contributed by atoms with E-state index in [2.05, 4.69) is 25.7 Å². The molecule has 0 saturated heterocycles. The van der Waals surface area contributed by atoms with Gasteiger partial charge in [0.15, 0.2) is 5.65 Å². The molecule has 164 valence electrons. The molecule has 0 fully saturated rings. The van der Waals surface area contributed by atoms with Gasteiger partial charge in [0, 0.05) is 17.8 Å². The first kappa shape index (κ1) is 21.3. The van der Waals surface area contributed by atoms with Gasteiger partial charge in [-0.05, 0) is 57.5 Å². The molecule has 0 unspecified atom stereocenters. The molecule has 0 saturated carbocycles. The Labute approximate surface area is 185 Å². The highest BCUT2D eigenvalue weighted by molar-refractivity contribution is 6.04. The summed E-state index contributed by atoms with van der Waals surface area (Å²) >= 11 is 0. The number of aryl methyl sites for hydroxylation is 1. The molecule has 0 aliphatic carbocycles. The summed E-state index contributed by atoms with van der Waals surface area (Å²) in [7, 11) is 0. The van der Waals surface area contributed by atoms with Crippen molar-refractivity contribution in [3.63, 3.8) is 0 Å². The topological polar surface area (TPSA) is 105 Å². The number of anilines is 2. The second-order valence-corrected chi connectivity index (χ2v) is 8.75. The molecule has 0 spiro atoms. The number of aromatic amines is 1. The number of carbonyl (C=O) groups is 1. The van der Waals surface area contributed by atoms with Crippen LogP contribution in [0, 0.1) is 6.92 Å². The van der Waals surface area contributed by atoms with E-state index in [9.17, 15) is 9.59 Å².